The Kier molecular flexibility index (Phi) is 5.74. The van der Waals surface area contributed by atoms with Gasteiger partial charge in [-0.15, -0.1) is 0 Å². The predicted octanol–water partition coefficient (Wildman–Crippen LogP) is 3.57. The summed E-state index contributed by atoms with van der Waals surface area (Å²) in [6.07, 6.45) is 1.76. The van der Waals surface area contributed by atoms with E-state index in [1.54, 1.807) is 0 Å². The van der Waals surface area contributed by atoms with Crippen molar-refractivity contribution in [3.05, 3.63) is 65.0 Å². The van der Waals surface area contributed by atoms with Crippen LogP contribution < -0.4 is 10.1 Å². The van der Waals surface area contributed by atoms with Gasteiger partial charge >= 0.3 is 5.97 Å². The van der Waals surface area contributed by atoms with E-state index in [4.69, 9.17) is 9.47 Å². The molecule has 0 heterocycles. The Labute approximate surface area is 157 Å². The van der Waals surface area contributed by atoms with Crippen molar-refractivity contribution >= 4 is 11.9 Å². The second-order valence-electron chi connectivity index (χ2n) is 6.55. The second kappa shape index (κ2) is 8.20. The first-order valence-corrected chi connectivity index (χ1v) is 8.92. The van der Waals surface area contributed by atoms with E-state index in [0.717, 1.165) is 30.9 Å². The van der Waals surface area contributed by atoms with E-state index in [-0.39, 0.29) is 11.6 Å². The van der Waals surface area contributed by atoms with Crippen molar-refractivity contribution in [1.82, 2.24) is 5.32 Å². The molecule has 5 nitrogen and oxygen atoms in total. The van der Waals surface area contributed by atoms with Crippen molar-refractivity contribution in [2.45, 2.75) is 38.3 Å². The summed E-state index contributed by atoms with van der Waals surface area (Å²) in [6, 6.07) is 11.7. The SMILES string of the molecule is COc1ccc(C(=O)O[C@@H](C)C(=O)N[C@@H]2CCCc3ccccc32)c(F)c1. The molecule has 1 aliphatic carbocycles. The van der Waals surface area contributed by atoms with Crippen LogP contribution in [0.25, 0.3) is 0 Å². The van der Waals surface area contributed by atoms with Gasteiger partial charge in [-0.05, 0) is 49.4 Å². The minimum Gasteiger partial charge on any atom is -0.497 e. The number of amides is 1. The number of rotatable bonds is 5. The summed E-state index contributed by atoms with van der Waals surface area (Å²) in [7, 11) is 1.41. The number of ether oxygens (including phenoxy) is 2. The maximum Gasteiger partial charge on any atom is 0.341 e. The summed E-state index contributed by atoms with van der Waals surface area (Å²) >= 11 is 0. The number of benzene rings is 2. The molecule has 3 rings (SSSR count). The molecule has 0 saturated heterocycles. The molecule has 2 aromatic carbocycles. The fourth-order valence-corrected chi connectivity index (χ4v) is 3.26. The van der Waals surface area contributed by atoms with Crippen molar-refractivity contribution in [2.24, 2.45) is 0 Å². The Hall–Kier alpha value is -2.89. The molecule has 0 bridgehead atoms. The molecule has 0 radical (unpaired) electrons. The van der Waals surface area contributed by atoms with Crippen LogP contribution in [0.2, 0.25) is 0 Å². The summed E-state index contributed by atoms with van der Waals surface area (Å²) < 4.78 is 24.1. The molecule has 0 aliphatic heterocycles. The Morgan fingerprint density at radius 1 is 1.22 bits per heavy atom. The minimum atomic E-state index is -1.03. The third-order valence-electron chi connectivity index (χ3n) is 4.74. The lowest BCUT2D eigenvalue weighted by Gasteiger charge is -2.27. The number of hydrogen-bond donors (Lipinski definition) is 1. The van der Waals surface area contributed by atoms with Crippen molar-refractivity contribution in [2.75, 3.05) is 7.11 Å². The lowest BCUT2D eigenvalue weighted by atomic mass is 9.87. The summed E-state index contributed by atoms with van der Waals surface area (Å²) in [5.41, 5.74) is 2.08. The monoisotopic (exact) mass is 371 g/mol. The average Bonchev–Trinajstić information content (AvgIpc) is 2.67. The first kappa shape index (κ1) is 18.9. The molecule has 1 N–H and O–H groups in total. The van der Waals surface area contributed by atoms with Gasteiger partial charge in [-0.1, -0.05) is 24.3 Å². The highest BCUT2D eigenvalue weighted by molar-refractivity contribution is 5.92. The zero-order chi connectivity index (χ0) is 19.4. The number of esters is 1. The first-order chi connectivity index (χ1) is 13.0. The number of fused-ring (bicyclic) bond motifs is 1. The van der Waals surface area contributed by atoms with Gasteiger partial charge in [0.25, 0.3) is 5.91 Å². The van der Waals surface area contributed by atoms with Crippen LogP contribution in [0.1, 0.15) is 47.3 Å². The van der Waals surface area contributed by atoms with E-state index in [1.807, 2.05) is 18.2 Å². The molecular formula is C21H22FNO4. The van der Waals surface area contributed by atoms with Crippen LogP contribution in [0.4, 0.5) is 4.39 Å². The number of halogens is 1. The molecule has 1 aliphatic rings. The lowest BCUT2D eigenvalue weighted by Crippen LogP contribution is -2.39. The van der Waals surface area contributed by atoms with Gasteiger partial charge in [0.15, 0.2) is 6.10 Å². The average molecular weight is 371 g/mol. The van der Waals surface area contributed by atoms with Gasteiger partial charge in [-0.2, -0.15) is 0 Å². The van der Waals surface area contributed by atoms with Crippen LogP contribution >= 0.6 is 0 Å². The zero-order valence-corrected chi connectivity index (χ0v) is 15.3. The van der Waals surface area contributed by atoms with Gasteiger partial charge in [-0.3, -0.25) is 4.79 Å². The topological polar surface area (TPSA) is 64.6 Å². The number of nitrogens with one attached hydrogen (secondary N) is 1. The molecular weight excluding hydrogens is 349 g/mol. The normalized spacial score (nSPS) is 16.8. The third-order valence-corrected chi connectivity index (χ3v) is 4.74. The highest BCUT2D eigenvalue weighted by Gasteiger charge is 2.26. The van der Waals surface area contributed by atoms with E-state index in [9.17, 15) is 14.0 Å². The van der Waals surface area contributed by atoms with Crippen LogP contribution in [0.5, 0.6) is 5.75 Å². The molecule has 0 spiro atoms. The number of hydrogen-bond acceptors (Lipinski definition) is 4. The van der Waals surface area contributed by atoms with Gasteiger partial charge in [0.05, 0.1) is 18.7 Å². The minimum absolute atomic E-state index is 0.110. The largest absolute Gasteiger partial charge is 0.497 e. The zero-order valence-electron chi connectivity index (χ0n) is 15.3. The summed E-state index contributed by atoms with van der Waals surface area (Å²) in [4.78, 5) is 24.7. The Morgan fingerprint density at radius 3 is 2.74 bits per heavy atom. The van der Waals surface area contributed by atoms with E-state index >= 15 is 0 Å². The van der Waals surface area contributed by atoms with Crippen LogP contribution in [-0.2, 0) is 16.0 Å². The standard InChI is InChI=1S/C21H22FNO4/c1-13(27-21(25)17-11-10-15(26-2)12-18(17)22)20(24)23-19-9-5-7-14-6-3-4-8-16(14)19/h3-4,6,8,10-13,19H,5,7,9H2,1-2H3,(H,23,24)/t13-,19+/m0/s1. The van der Waals surface area contributed by atoms with Gasteiger partial charge in [-0.25, -0.2) is 9.18 Å². The van der Waals surface area contributed by atoms with Crippen LogP contribution in [-0.4, -0.2) is 25.1 Å². The van der Waals surface area contributed by atoms with Gasteiger partial charge in [0.1, 0.15) is 11.6 Å². The number of carbonyl (C=O) groups excluding carboxylic acids is 2. The fourth-order valence-electron chi connectivity index (χ4n) is 3.26. The molecule has 0 saturated carbocycles. The van der Waals surface area contributed by atoms with Crippen molar-refractivity contribution in [3.63, 3.8) is 0 Å². The van der Waals surface area contributed by atoms with E-state index < -0.39 is 23.8 Å². The number of methoxy groups -OCH3 is 1. The van der Waals surface area contributed by atoms with Gasteiger partial charge in [0.2, 0.25) is 0 Å². The Bertz CT molecular complexity index is 852. The van der Waals surface area contributed by atoms with Crippen molar-refractivity contribution in [3.8, 4) is 5.75 Å². The maximum absolute atomic E-state index is 14.0. The fraction of sp³-hybridized carbons (Fsp3) is 0.333. The summed E-state index contributed by atoms with van der Waals surface area (Å²) in [5, 5.41) is 2.93. The molecule has 0 fully saturated rings. The van der Waals surface area contributed by atoms with Crippen LogP contribution in [0.15, 0.2) is 42.5 Å². The Balaban J connectivity index is 1.64. The Morgan fingerprint density at radius 2 is 2.00 bits per heavy atom. The van der Waals surface area contributed by atoms with Crippen LogP contribution in [0, 0.1) is 5.82 Å². The quantitative estimate of drug-likeness (QED) is 0.816. The van der Waals surface area contributed by atoms with Crippen LogP contribution in [0.3, 0.4) is 0 Å². The third kappa shape index (κ3) is 4.27. The predicted molar refractivity (Wildman–Crippen MR) is 98.1 cm³/mol. The molecule has 6 heteroatoms. The second-order valence-corrected chi connectivity index (χ2v) is 6.55. The van der Waals surface area contributed by atoms with Crippen molar-refractivity contribution < 1.29 is 23.5 Å². The van der Waals surface area contributed by atoms with Gasteiger partial charge in [0, 0.05) is 6.07 Å². The molecule has 0 aromatic heterocycles. The number of carbonyl (C=O) groups is 2. The highest BCUT2D eigenvalue weighted by atomic mass is 19.1. The van der Waals surface area contributed by atoms with E-state index in [2.05, 4.69) is 11.4 Å². The molecule has 0 unspecified atom stereocenters. The highest BCUT2D eigenvalue weighted by Crippen LogP contribution is 2.29. The summed E-state index contributed by atoms with van der Waals surface area (Å²) in [5.74, 6) is -1.75. The maximum atomic E-state index is 14.0. The van der Waals surface area contributed by atoms with E-state index in [1.165, 1.54) is 31.7 Å². The molecule has 2 atom stereocenters. The van der Waals surface area contributed by atoms with E-state index in [0.29, 0.717) is 5.75 Å². The number of aryl methyl sites for hydroxylation is 1. The van der Waals surface area contributed by atoms with Crippen molar-refractivity contribution in [1.29, 1.82) is 0 Å². The molecule has 27 heavy (non-hydrogen) atoms. The first-order valence-electron chi connectivity index (χ1n) is 8.92. The molecule has 2 aromatic rings. The van der Waals surface area contributed by atoms with Gasteiger partial charge < -0.3 is 14.8 Å². The summed E-state index contributed by atoms with van der Waals surface area (Å²) in [6.45, 7) is 1.48. The lowest BCUT2D eigenvalue weighted by molar-refractivity contribution is -0.130. The smallest absolute Gasteiger partial charge is 0.341 e. The molecule has 142 valence electrons. The molecule has 1 amide bonds.